The number of aliphatic hydroxyl groups is 1. The Hall–Kier alpha value is -3.66. The zero-order chi connectivity index (χ0) is 33.0. The summed E-state index contributed by atoms with van der Waals surface area (Å²) in [6.45, 7) is 4.04. The minimum atomic E-state index is -5.23. The molecule has 46 heavy (non-hydrogen) atoms. The third-order valence-electron chi connectivity index (χ3n) is 12.1. The number of rotatable bonds is 7. The van der Waals surface area contributed by atoms with E-state index in [0.717, 1.165) is 6.42 Å². The van der Waals surface area contributed by atoms with Gasteiger partial charge in [0, 0.05) is 17.6 Å². The second-order valence-electron chi connectivity index (χ2n) is 15.4. The van der Waals surface area contributed by atoms with E-state index in [1.807, 2.05) is 19.2 Å². The molecule has 1 saturated heterocycles. The van der Waals surface area contributed by atoms with Crippen molar-refractivity contribution in [3.63, 3.8) is 0 Å². The number of anilines is 1. The lowest BCUT2D eigenvalue weighted by Crippen LogP contribution is -2.68. The van der Waals surface area contributed by atoms with Crippen LogP contribution in [0.5, 0.6) is 0 Å². The fourth-order valence-corrected chi connectivity index (χ4v) is 10.4. The van der Waals surface area contributed by atoms with Crippen LogP contribution in [0.1, 0.15) is 70.3 Å². The van der Waals surface area contributed by atoms with Gasteiger partial charge in [0.2, 0.25) is 17.7 Å². The Morgan fingerprint density at radius 3 is 2.43 bits per heavy atom. The maximum atomic E-state index is 14.5. The van der Waals surface area contributed by atoms with Crippen LogP contribution in [0.2, 0.25) is 0 Å². The first-order valence-corrected chi connectivity index (χ1v) is 16.1. The van der Waals surface area contributed by atoms with Gasteiger partial charge in [0.15, 0.2) is 0 Å². The van der Waals surface area contributed by atoms with Crippen molar-refractivity contribution in [2.24, 2.45) is 34.5 Å². The lowest BCUT2D eigenvalue weighted by atomic mass is 9.46. The standard InChI is InChI=1S/C33H38F3N5O5/c1-30(2)21-14-41(24(23(21)30)27(43)38-18(13-37)8-20-19-5-3-4-6-22(19)39-26(20)42)28(44)25(40-29(45)33(34,35)36)31-9-16-7-17(10-31)12-32(46,11-16)15-31/h3-6,16-18,20-21,23-25,46H,7-12,14-15H2,1-2H3,(H,38,43)(H,39,42)(H,40,45)/t16?,17?,18-,20?,21-,23-,24-,25?,31?,32?/m0/s1. The quantitative estimate of drug-likeness (QED) is 0.360. The number of para-hydroxylation sites is 1. The number of hydrogen-bond donors (Lipinski definition) is 4. The Balaban J connectivity index is 1.16. The minimum Gasteiger partial charge on any atom is -0.390 e. The van der Waals surface area contributed by atoms with Gasteiger partial charge in [-0.1, -0.05) is 32.0 Å². The van der Waals surface area contributed by atoms with Crippen LogP contribution in [0.25, 0.3) is 0 Å². The summed E-state index contributed by atoms with van der Waals surface area (Å²) in [6.07, 6.45) is -2.45. The highest BCUT2D eigenvalue weighted by molar-refractivity contribution is 6.03. The maximum Gasteiger partial charge on any atom is 0.471 e. The van der Waals surface area contributed by atoms with Crippen molar-refractivity contribution in [3.05, 3.63) is 29.8 Å². The van der Waals surface area contributed by atoms with E-state index in [1.165, 1.54) is 4.90 Å². The number of hydrogen-bond acceptors (Lipinski definition) is 6. The number of halogens is 3. The van der Waals surface area contributed by atoms with E-state index in [4.69, 9.17) is 0 Å². The Morgan fingerprint density at radius 1 is 1.13 bits per heavy atom. The van der Waals surface area contributed by atoms with E-state index in [1.54, 1.807) is 24.3 Å². The number of likely N-dealkylation sites (tertiary alicyclic amines) is 1. The minimum absolute atomic E-state index is 0.00201. The molecular formula is C33H38F3N5O5. The Kier molecular flexibility index (Phi) is 6.84. The highest BCUT2D eigenvalue weighted by atomic mass is 19.4. The Labute approximate surface area is 264 Å². The molecule has 2 aliphatic heterocycles. The van der Waals surface area contributed by atoms with E-state index in [-0.39, 0.29) is 54.4 Å². The van der Waals surface area contributed by atoms with E-state index < -0.39 is 59.0 Å². The number of fused-ring (bicyclic) bond motifs is 2. The summed E-state index contributed by atoms with van der Waals surface area (Å²) < 4.78 is 40.9. The molecule has 0 radical (unpaired) electrons. The van der Waals surface area contributed by atoms with Crippen LogP contribution < -0.4 is 16.0 Å². The number of carbonyl (C=O) groups is 4. The SMILES string of the molecule is CC1(C)[C@@H]2[C@@H](C(=O)N[C@H](C#N)CC3C(=O)Nc4ccccc43)N(C(=O)C(NC(=O)C(F)(F)F)C34CC5CC(CC(O)(C5)C3)C4)C[C@@H]21. The van der Waals surface area contributed by atoms with E-state index in [0.29, 0.717) is 36.9 Å². The summed E-state index contributed by atoms with van der Waals surface area (Å²) >= 11 is 0. The van der Waals surface area contributed by atoms with Gasteiger partial charge in [0.05, 0.1) is 17.6 Å². The molecule has 5 aliphatic carbocycles. The summed E-state index contributed by atoms with van der Waals surface area (Å²) in [4.78, 5) is 54.9. The topological polar surface area (TPSA) is 152 Å². The molecule has 0 aromatic heterocycles. The fraction of sp³-hybridized carbons (Fsp3) is 0.667. The predicted molar refractivity (Wildman–Crippen MR) is 156 cm³/mol. The van der Waals surface area contributed by atoms with Gasteiger partial charge in [-0.3, -0.25) is 19.2 Å². The van der Waals surface area contributed by atoms with Crippen LogP contribution in [0, 0.1) is 45.8 Å². The first-order valence-electron chi connectivity index (χ1n) is 16.1. The van der Waals surface area contributed by atoms with Gasteiger partial charge in [0.1, 0.15) is 18.1 Å². The normalized spacial score (nSPS) is 37.4. The van der Waals surface area contributed by atoms with Crippen LogP contribution in [0.4, 0.5) is 18.9 Å². The van der Waals surface area contributed by atoms with Crippen molar-refractivity contribution in [1.82, 2.24) is 15.5 Å². The fourth-order valence-electron chi connectivity index (χ4n) is 10.4. The van der Waals surface area contributed by atoms with Gasteiger partial charge >= 0.3 is 12.1 Å². The second-order valence-corrected chi connectivity index (χ2v) is 15.4. The zero-order valence-electron chi connectivity index (χ0n) is 25.7. The number of carbonyl (C=O) groups excluding carboxylic acids is 4. The van der Waals surface area contributed by atoms with Crippen molar-refractivity contribution in [2.75, 3.05) is 11.9 Å². The number of piperidine rings is 1. The van der Waals surface area contributed by atoms with Gasteiger partial charge in [-0.05, 0) is 85.7 Å². The first-order chi connectivity index (χ1) is 21.5. The number of benzene rings is 1. The number of nitriles is 1. The Morgan fingerprint density at radius 2 is 1.80 bits per heavy atom. The summed E-state index contributed by atoms with van der Waals surface area (Å²) in [7, 11) is 0. The summed E-state index contributed by atoms with van der Waals surface area (Å²) in [6, 6.07) is 5.42. The lowest BCUT2D eigenvalue weighted by Gasteiger charge is -2.62. The molecule has 0 spiro atoms. The summed E-state index contributed by atoms with van der Waals surface area (Å²) in [5.74, 6) is -4.90. The lowest BCUT2D eigenvalue weighted by molar-refractivity contribution is -0.191. The monoisotopic (exact) mass is 641 g/mol. The summed E-state index contributed by atoms with van der Waals surface area (Å²) in [5, 5.41) is 28.9. The Bertz CT molecular complexity index is 1540. The van der Waals surface area contributed by atoms with Gasteiger partial charge in [0.25, 0.3) is 0 Å². The number of nitrogens with zero attached hydrogens (tertiary/aromatic N) is 2. The van der Waals surface area contributed by atoms with Crippen LogP contribution >= 0.6 is 0 Å². The molecule has 246 valence electrons. The number of nitrogens with one attached hydrogen (secondary N) is 3. The van der Waals surface area contributed by atoms with Crippen molar-refractivity contribution in [1.29, 1.82) is 5.26 Å². The van der Waals surface area contributed by atoms with Crippen molar-refractivity contribution >= 4 is 29.3 Å². The molecule has 2 heterocycles. The van der Waals surface area contributed by atoms with Crippen molar-refractivity contribution < 1.29 is 37.5 Å². The third-order valence-corrected chi connectivity index (χ3v) is 12.1. The molecule has 8 atom stereocenters. The number of alkyl halides is 3. The molecule has 6 fully saturated rings. The second kappa shape index (κ2) is 10.2. The van der Waals surface area contributed by atoms with Gasteiger partial charge in [-0.2, -0.15) is 18.4 Å². The zero-order valence-corrected chi connectivity index (χ0v) is 25.7. The van der Waals surface area contributed by atoms with E-state index >= 15 is 0 Å². The largest absolute Gasteiger partial charge is 0.471 e. The van der Waals surface area contributed by atoms with Crippen molar-refractivity contribution in [2.45, 2.75) is 94.6 Å². The molecule has 4 amide bonds. The van der Waals surface area contributed by atoms with Crippen LogP contribution in [0.15, 0.2) is 24.3 Å². The van der Waals surface area contributed by atoms with Gasteiger partial charge in [-0.15, -0.1) is 0 Å². The number of amides is 4. The molecule has 7 aliphatic rings. The highest BCUT2D eigenvalue weighted by Crippen LogP contribution is 2.66. The average Bonchev–Trinajstić information content (AvgIpc) is 3.26. The van der Waals surface area contributed by atoms with Crippen LogP contribution in [-0.4, -0.2) is 70.1 Å². The molecular weight excluding hydrogens is 603 g/mol. The van der Waals surface area contributed by atoms with E-state index in [2.05, 4.69) is 16.7 Å². The predicted octanol–water partition coefficient (Wildman–Crippen LogP) is 2.98. The molecule has 4 bridgehead atoms. The molecule has 4 unspecified atom stereocenters. The molecule has 10 nitrogen and oxygen atoms in total. The van der Waals surface area contributed by atoms with Gasteiger partial charge in [-0.25, -0.2) is 0 Å². The smallest absolute Gasteiger partial charge is 0.390 e. The van der Waals surface area contributed by atoms with Gasteiger partial charge < -0.3 is 26.0 Å². The van der Waals surface area contributed by atoms with Crippen LogP contribution in [-0.2, 0) is 19.2 Å². The third kappa shape index (κ3) is 4.86. The molecule has 13 heteroatoms. The maximum absolute atomic E-state index is 14.5. The molecule has 1 aromatic carbocycles. The highest BCUT2D eigenvalue weighted by Gasteiger charge is 2.71. The van der Waals surface area contributed by atoms with Crippen LogP contribution in [0.3, 0.4) is 0 Å². The summed E-state index contributed by atoms with van der Waals surface area (Å²) in [5.41, 5.74) is -1.16. The van der Waals surface area contributed by atoms with E-state index in [9.17, 15) is 42.7 Å². The molecule has 8 rings (SSSR count). The first kappa shape index (κ1) is 31.0. The molecule has 4 N–H and O–H groups in total. The average molecular weight is 642 g/mol. The molecule has 1 aromatic rings. The molecule has 5 saturated carbocycles. The van der Waals surface area contributed by atoms with Crippen molar-refractivity contribution in [3.8, 4) is 6.07 Å².